The fourth-order valence-corrected chi connectivity index (χ4v) is 3.51. The number of aryl methyl sites for hydroxylation is 2. The molecule has 1 unspecified atom stereocenters. The highest BCUT2D eigenvalue weighted by Gasteiger charge is 2.24. The summed E-state index contributed by atoms with van der Waals surface area (Å²) >= 11 is 1.57. The van der Waals surface area contributed by atoms with Crippen LogP contribution in [-0.2, 0) is 15.5 Å². The molecule has 0 radical (unpaired) electrons. The Balaban J connectivity index is 1.79. The van der Waals surface area contributed by atoms with E-state index in [4.69, 9.17) is 20.3 Å². The Bertz CT molecular complexity index is 845. The monoisotopic (exact) mass is 409 g/mol. The maximum atomic E-state index is 10.8. The van der Waals surface area contributed by atoms with E-state index in [1.165, 1.54) is 5.56 Å². The van der Waals surface area contributed by atoms with E-state index < -0.39 is 13.4 Å². The third-order valence-electron chi connectivity index (χ3n) is 3.71. The van der Waals surface area contributed by atoms with Gasteiger partial charge in [-0.05, 0) is 51.0 Å². The van der Waals surface area contributed by atoms with Crippen LogP contribution in [0.4, 0.5) is 0 Å². The van der Waals surface area contributed by atoms with Crippen molar-refractivity contribution in [3.63, 3.8) is 0 Å². The van der Waals surface area contributed by atoms with E-state index in [0.717, 1.165) is 15.5 Å². The quantitative estimate of drug-likeness (QED) is 0.457. The van der Waals surface area contributed by atoms with Crippen LogP contribution in [0.2, 0.25) is 0 Å². The van der Waals surface area contributed by atoms with Crippen LogP contribution in [0.15, 0.2) is 36.4 Å². The molecule has 0 aliphatic heterocycles. The fourth-order valence-electron chi connectivity index (χ4n) is 2.17. The second-order valence-electron chi connectivity index (χ2n) is 6.59. The van der Waals surface area contributed by atoms with Crippen LogP contribution in [-0.4, -0.2) is 28.5 Å². The molecule has 8 heteroatoms. The second-order valence-corrected chi connectivity index (χ2v) is 9.00. The molecule has 4 N–H and O–H groups in total. The number of hydrogen-bond donors (Lipinski definition) is 3. The number of nitrogens with two attached hydrogens (primary N) is 1. The third-order valence-corrected chi connectivity index (χ3v) is 5.24. The molecule has 27 heavy (non-hydrogen) atoms. The first-order chi connectivity index (χ1) is 12.6. The summed E-state index contributed by atoms with van der Waals surface area (Å²) in [7, 11) is -4.50. The van der Waals surface area contributed by atoms with Gasteiger partial charge in [-0.25, -0.2) is 4.57 Å². The van der Waals surface area contributed by atoms with E-state index in [-0.39, 0.29) is 6.61 Å². The summed E-state index contributed by atoms with van der Waals surface area (Å²) in [5.74, 6) is 6.86. The van der Waals surface area contributed by atoms with Gasteiger partial charge in [-0.3, -0.25) is 4.52 Å². The number of ether oxygens (including phenoxy) is 1. The Morgan fingerprint density at radius 1 is 1.22 bits per heavy atom. The first kappa shape index (κ1) is 21.6. The third kappa shape index (κ3) is 8.72. The van der Waals surface area contributed by atoms with E-state index >= 15 is 0 Å². The zero-order valence-electron chi connectivity index (χ0n) is 15.3. The molecule has 0 fully saturated rings. The fraction of sp³-hybridized carbons (Fsp3) is 0.368. The SMILES string of the molecule is Cc1ccc(OCC#Cc2ccc(CCC(C)(N)COP(=O)(O)O)s2)cc1. The molecule has 0 saturated heterocycles. The summed E-state index contributed by atoms with van der Waals surface area (Å²) < 4.78 is 20.9. The normalized spacial score (nSPS) is 13.5. The van der Waals surface area contributed by atoms with Gasteiger partial charge in [0.25, 0.3) is 0 Å². The summed E-state index contributed by atoms with van der Waals surface area (Å²) in [5, 5.41) is 0. The average Bonchev–Trinajstić information content (AvgIpc) is 3.04. The minimum atomic E-state index is -4.50. The predicted molar refractivity (Wildman–Crippen MR) is 107 cm³/mol. The lowest BCUT2D eigenvalue weighted by molar-refractivity contribution is 0.154. The molecule has 0 aliphatic rings. The van der Waals surface area contributed by atoms with Crippen molar-refractivity contribution in [1.29, 1.82) is 0 Å². The lowest BCUT2D eigenvalue weighted by Gasteiger charge is -2.24. The first-order valence-electron chi connectivity index (χ1n) is 8.39. The first-order valence-corrected chi connectivity index (χ1v) is 10.7. The molecule has 0 bridgehead atoms. The van der Waals surface area contributed by atoms with Crippen molar-refractivity contribution in [2.24, 2.45) is 5.73 Å². The van der Waals surface area contributed by atoms with Crippen LogP contribution in [0, 0.1) is 18.8 Å². The van der Waals surface area contributed by atoms with Crippen LogP contribution in [0.3, 0.4) is 0 Å². The van der Waals surface area contributed by atoms with Gasteiger partial charge < -0.3 is 20.3 Å². The summed E-state index contributed by atoms with van der Waals surface area (Å²) in [5.41, 5.74) is 6.39. The smallest absolute Gasteiger partial charge is 0.469 e. The molecule has 0 aliphatic carbocycles. The van der Waals surface area contributed by atoms with Crippen LogP contribution >= 0.6 is 19.2 Å². The number of rotatable bonds is 8. The minimum absolute atomic E-state index is 0.203. The van der Waals surface area contributed by atoms with Gasteiger partial charge in [0.15, 0.2) is 0 Å². The van der Waals surface area contributed by atoms with Gasteiger partial charge in [-0.1, -0.05) is 29.5 Å². The topological polar surface area (TPSA) is 102 Å². The van der Waals surface area contributed by atoms with E-state index in [9.17, 15) is 4.57 Å². The Morgan fingerprint density at radius 3 is 2.59 bits per heavy atom. The standard InChI is InChI=1S/C19H24NO5PS/c1-15-5-7-16(8-6-15)24-13-3-4-17-9-10-18(27-17)11-12-19(2,20)14-25-26(21,22)23/h5-10H,11-14,20H2,1-2H3,(H2,21,22,23). The van der Waals surface area contributed by atoms with Crippen molar-refractivity contribution in [3.05, 3.63) is 51.7 Å². The molecule has 1 aromatic heterocycles. The van der Waals surface area contributed by atoms with Gasteiger partial charge in [-0.15, -0.1) is 11.3 Å². The van der Waals surface area contributed by atoms with Crippen molar-refractivity contribution in [3.8, 4) is 17.6 Å². The number of hydrogen-bond acceptors (Lipinski definition) is 5. The Kier molecular flexibility index (Phi) is 7.63. The highest BCUT2D eigenvalue weighted by Crippen LogP contribution is 2.37. The van der Waals surface area contributed by atoms with E-state index in [1.54, 1.807) is 18.3 Å². The largest absolute Gasteiger partial charge is 0.481 e. The molecule has 1 atom stereocenters. The molecular formula is C19H24NO5PS. The summed E-state index contributed by atoms with van der Waals surface area (Å²) in [4.78, 5) is 19.6. The second kappa shape index (κ2) is 9.52. The highest BCUT2D eigenvalue weighted by atomic mass is 32.1. The number of thiophene rings is 1. The Labute approximate surface area is 163 Å². The molecule has 0 amide bonds. The summed E-state index contributed by atoms with van der Waals surface area (Å²) in [6.45, 7) is 3.85. The number of phosphoric ester groups is 1. The van der Waals surface area contributed by atoms with Crippen molar-refractivity contribution >= 4 is 19.2 Å². The molecule has 146 valence electrons. The zero-order chi connectivity index (χ0) is 19.9. The van der Waals surface area contributed by atoms with Crippen LogP contribution in [0.1, 0.15) is 28.7 Å². The summed E-state index contributed by atoms with van der Waals surface area (Å²) in [6, 6.07) is 11.7. The maximum Gasteiger partial charge on any atom is 0.469 e. The van der Waals surface area contributed by atoms with Gasteiger partial charge in [0, 0.05) is 10.4 Å². The lowest BCUT2D eigenvalue weighted by atomic mass is 9.98. The van der Waals surface area contributed by atoms with Gasteiger partial charge in [0.1, 0.15) is 12.4 Å². The maximum absolute atomic E-state index is 10.8. The molecule has 2 aromatic rings. The Morgan fingerprint density at radius 2 is 1.93 bits per heavy atom. The molecule has 1 heterocycles. The van der Waals surface area contributed by atoms with Crippen LogP contribution in [0.25, 0.3) is 0 Å². The van der Waals surface area contributed by atoms with E-state index in [1.807, 2.05) is 43.3 Å². The van der Waals surface area contributed by atoms with Crippen LogP contribution < -0.4 is 10.5 Å². The summed E-state index contributed by atoms with van der Waals surface area (Å²) in [6.07, 6.45) is 1.22. The molecular weight excluding hydrogens is 385 g/mol. The molecule has 2 rings (SSSR count). The highest BCUT2D eigenvalue weighted by molar-refractivity contribution is 7.46. The molecule has 0 saturated carbocycles. The van der Waals surface area contributed by atoms with E-state index in [2.05, 4.69) is 16.4 Å². The van der Waals surface area contributed by atoms with Gasteiger partial charge in [-0.2, -0.15) is 0 Å². The van der Waals surface area contributed by atoms with Crippen molar-refractivity contribution < 1.29 is 23.6 Å². The van der Waals surface area contributed by atoms with Gasteiger partial charge >= 0.3 is 7.82 Å². The average molecular weight is 409 g/mol. The lowest BCUT2D eigenvalue weighted by Crippen LogP contribution is -2.41. The van der Waals surface area contributed by atoms with E-state index in [0.29, 0.717) is 19.4 Å². The number of phosphoric acid groups is 1. The van der Waals surface area contributed by atoms with Crippen LogP contribution in [0.5, 0.6) is 5.75 Å². The number of benzene rings is 1. The molecule has 6 nitrogen and oxygen atoms in total. The molecule has 1 aromatic carbocycles. The van der Waals surface area contributed by atoms with Gasteiger partial charge in [0.05, 0.1) is 11.5 Å². The van der Waals surface area contributed by atoms with Gasteiger partial charge in [0.2, 0.25) is 0 Å². The molecule has 0 spiro atoms. The van der Waals surface area contributed by atoms with Crippen molar-refractivity contribution in [2.75, 3.05) is 13.2 Å². The minimum Gasteiger partial charge on any atom is -0.481 e. The van der Waals surface area contributed by atoms with Crippen molar-refractivity contribution in [1.82, 2.24) is 0 Å². The van der Waals surface area contributed by atoms with Crippen molar-refractivity contribution in [2.45, 2.75) is 32.2 Å². The predicted octanol–water partition coefficient (Wildman–Crippen LogP) is 3.25. The zero-order valence-corrected chi connectivity index (χ0v) is 17.1. The Hall–Kier alpha value is -1.65.